The number of nitrogens with zero attached hydrogens (tertiary/aromatic N) is 6. The third-order valence-electron chi connectivity index (χ3n) is 9.31. The largest absolute Gasteiger partial charge is 0.365 e. The van der Waals surface area contributed by atoms with E-state index >= 15 is 0 Å². The summed E-state index contributed by atoms with van der Waals surface area (Å²) in [6.07, 6.45) is 12.5. The average Bonchev–Trinajstić information content (AvgIpc) is 3.57. The lowest BCUT2D eigenvalue weighted by Gasteiger charge is -2.33. The molecule has 11 nitrogen and oxygen atoms in total. The van der Waals surface area contributed by atoms with Gasteiger partial charge in [-0.1, -0.05) is 48.5 Å². The van der Waals surface area contributed by atoms with Crippen molar-refractivity contribution in [2.24, 2.45) is 18.9 Å². The maximum atomic E-state index is 13.8. The van der Waals surface area contributed by atoms with Gasteiger partial charge in [-0.2, -0.15) is 10.4 Å². The van der Waals surface area contributed by atoms with E-state index in [9.17, 15) is 18.5 Å². The maximum Gasteiger partial charge on any atom is 0.229 e. The predicted octanol–water partition coefficient (Wildman–Crippen LogP) is 5.61. The van der Waals surface area contributed by atoms with Gasteiger partial charge in [-0.15, -0.1) is 0 Å². The molecule has 0 bridgehead atoms. The molecule has 3 heterocycles. The standard InChI is InChI=1S/C38H40N8O3S/c1-46-25-32(24-44-46)30-15-16-34(40-22-30)36(38(47)43-20-27-7-4-3-5-8-27)29-13-11-26(12-14-29)18-35-41-23-31(19-39)37(45-35)42-21-28-9-6-10-33(17-28)50(2,48)49/h3-10,15-17,22-26,29,36H,11-14,18,20-21H2,1-2H3,(H,43,47)(H,41,42,45). The molecule has 3 aromatic heterocycles. The maximum absolute atomic E-state index is 13.8. The Balaban J connectivity index is 1.12. The van der Waals surface area contributed by atoms with Crippen LogP contribution in [0.5, 0.6) is 0 Å². The number of aryl methyl sites for hydroxylation is 1. The first-order valence-corrected chi connectivity index (χ1v) is 18.6. The van der Waals surface area contributed by atoms with Gasteiger partial charge < -0.3 is 10.6 Å². The molecule has 0 saturated heterocycles. The van der Waals surface area contributed by atoms with Gasteiger partial charge in [-0.3, -0.25) is 14.5 Å². The Bertz CT molecular complexity index is 2080. The zero-order chi connectivity index (χ0) is 35.1. The molecule has 1 saturated carbocycles. The highest BCUT2D eigenvalue weighted by molar-refractivity contribution is 7.90. The number of hydrogen-bond acceptors (Lipinski definition) is 9. The molecule has 0 radical (unpaired) electrons. The van der Waals surface area contributed by atoms with Gasteiger partial charge in [0.1, 0.15) is 23.3 Å². The fourth-order valence-corrected chi connectivity index (χ4v) is 7.30. The van der Waals surface area contributed by atoms with Crippen molar-refractivity contribution in [3.63, 3.8) is 0 Å². The first-order valence-electron chi connectivity index (χ1n) is 16.7. The van der Waals surface area contributed by atoms with Gasteiger partial charge in [-0.05, 0) is 66.8 Å². The van der Waals surface area contributed by atoms with Crippen LogP contribution in [0.15, 0.2) is 96.4 Å². The number of nitriles is 1. The summed E-state index contributed by atoms with van der Waals surface area (Å²) in [5.74, 6) is 1.11. The van der Waals surface area contributed by atoms with Crippen LogP contribution in [0.4, 0.5) is 5.82 Å². The molecule has 1 aliphatic carbocycles. The van der Waals surface area contributed by atoms with Crippen molar-refractivity contribution in [3.05, 3.63) is 120 Å². The highest BCUT2D eigenvalue weighted by Gasteiger charge is 2.34. The van der Waals surface area contributed by atoms with Crippen molar-refractivity contribution < 1.29 is 13.2 Å². The molecule has 2 aromatic carbocycles. The molecule has 50 heavy (non-hydrogen) atoms. The Morgan fingerprint density at radius 3 is 2.40 bits per heavy atom. The fraction of sp³-hybridized carbons (Fsp3) is 0.316. The minimum Gasteiger partial charge on any atom is -0.365 e. The summed E-state index contributed by atoms with van der Waals surface area (Å²) in [6, 6.07) is 22.7. The van der Waals surface area contributed by atoms with Gasteiger partial charge in [-0.25, -0.2) is 18.4 Å². The number of carbonyl (C=O) groups is 1. The molecule has 0 spiro atoms. The summed E-state index contributed by atoms with van der Waals surface area (Å²) < 4.78 is 25.7. The number of benzene rings is 2. The Hall–Kier alpha value is -5.41. The van der Waals surface area contributed by atoms with Crippen LogP contribution in [-0.4, -0.2) is 45.3 Å². The summed E-state index contributed by atoms with van der Waals surface area (Å²) in [5.41, 5.74) is 4.82. The van der Waals surface area contributed by atoms with Gasteiger partial charge in [0.15, 0.2) is 9.84 Å². The molecule has 6 rings (SSSR count). The van der Waals surface area contributed by atoms with E-state index in [0.717, 1.165) is 53.6 Å². The number of nitrogens with one attached hydrogen (secondary N) is 2. The minimum atomic E-state index is -3.33. The zero-order valence-electron chi connectivity index (χ0n) is 28.2. The molecule has 1 aliphatic rings. The van der Waals surface area contributed by atoms with E-state index in [4.69, 9.17) is 9.97 Å². The highest BCUT2D eigenvalue weighted by Crippen LogP contribution is 2.39. The van der Waals surface area contributed by atoms with Crippen LogP contribution < -0.4 is 10.6 Å². The average molecular weight is 689 g/mol. The third-order valence-corrected chi connectivity index (χ3v) is 10.4. The molecule has 0 aliphatic heterocycles. The van der Waals surface area contributed by atoms with Crippen molar-refractivity contribution in [1.29, 1.82) is 5.26 Å². The first kappa shape index (κ1) is 34.5. The number of sulfone groups is 1. The molecule has 1 atom stereocenters. The molecular formula is C38H40N8O3S. The third kappa shape index (κ3) is 8.59. The smallest absolute Gasteiger partial charge is 0.229 e. The van der Waals surface area contributed by atoms with Crippen LogP contribution in [0, 0.1) is 23.2 Å². The number of rotatable bonds is 12. The summed E-state index contributed by atoms with van der Waals surface area (Å²) >= 11 is 0. The van der Waals surface area contributed by atoms with E-state index < -0.39 is 9.84 Å². The lowest BCUT2D eigenvalue weighted by molar-refractivity contribution is -0.124. The summed E-state index contributed by atoms with van der Waals surface area (Å²) in [7, 11) is -1.46. The molecule has 12 heteroatoms. The molecular weight excluding hydrogens is 649 g/mol. The number of aromatic nitrogens is 5. The van der Waals surface area contributed by atoms with Crippen molar-refractivity contribution in [3.8, 4) is 17.2 Å². The van der Waals surface area contributed by atoms with Gasteiger partial charge in [0.25, 0.3) is 0 Å². The number of amides is 1. The Morgan fingerprint density at radius 2 is 1.72 bits per heavy atom. The Morgan fingerprint density at radius 1 is 0.940 bits per heavy atom. The van der Waals surface area contributed by atoms with Crippen LogP contribution in [0.2, 0.25) is 0 Å². The van der Waals surface area contributed by atoms with E-state index in [0.29, 0.717) is 42.6 Å². The van der Waals surface area contributed by atoms with Crippen LogP contribution >= 0.6 is 0 Å². The molecule has 1 unspecified atom stereocenters. The molecule has 2 N–H and O–H groups in total. The number of hydrogen-bond donors (Lipinski definition) is 2. The van der Waals surface area contributed by atoms with Crippen molar-refractivity contribution in [2.45, 2.75) is 56.0 Å². The second-order valence-electron chi connectivity index (χ2n) is 13.0. The highest BCUT2D eigenvalue weighted by atomic mass is 32.2. The van der Waals surface area contributed by atoms with E-state index in [2.05, 4.69) is 26.8 Å². The summed E-state index contributed by atoms with van der Waals surface area (Å²) in [4.78, 5) is 28.1. The second-order valence-corrected chi connectivity index (χ2v) is 15.0. The second kappa shape index (κ2) is 15.4. The first-order chi connectivity index (χ1) is 24.2. The number of pyridine rings is 1. The lowest BCUT2D eigenvalue weighted by atomic mass is 9.73. The van der Waals surface area contributed by atoms with Crippen LogP contribution in [0.1, 0.15) is 59.8 Å². The monoisotopic (exact) mass is 688 g/mol. The van der Waals surface area contributed by atoms with Crippen molar-refractivity contribution in [1.82, 2.24) is 30.0 Å². The van der Waals surface area contributed by atoms with Crippen LogP contribution in [0.25, 0.3) is 11.1 Å². The molecule has 1 fully saturated rings. The minimum absolute atomic E-state index is 0.0212. The lowest BCUT2D eigenvalue weighted by Crippen LogP contribution is -2.35. The number of anilines is 1. The van der Waals surface area contributed by atoms with E-state index in [-0.39, 0.29) is 22.6 Å². The van der Waals surface area contributed by atoms with E-state index in [1.807, 2.05) is 68.0 Å². The van der Waals surface area contributed by atoms with Crippen LogP contribution in [0.3, 0.4) is 0 Å². The quantitative estimate of drug-likeness (QED) is 0.170. The van der Waals surface area contributed by atoms with Gasteiger partial charge >= 0.3 is 0 Å². The van der Waals surface area contributed by atoms with Crippen molar-refractivity contribution >= 4 is 21.6 Å². The topological polar surface area (TPSA) is 156 Å². The predicted molar refractivity (Wildman–Crippen MR) is 190 cm³/mol. The molecule has 256 valence electrons. The summed E-state index contributed by atoms with van der Waals surface area (Å²) in [6.45, 7) is 0.763. The molecule has 1 amide bonds. The Labute approximate surface area is 292 Å². The summed E-state index contributed by atoms with van der Waals surface area (Å²) in [5, 5.41) is 20.3. The SMILES string of the molecule is Cn1cc(-c2ccc(C(C(=O)NCc3ccccc3)C3CCC(Cc4ncc(C#N)c(NCc5cccc(S(C)(=O)=O)c5)n4)CC3)nc2)cn1. The zero-order valence-corrected chi connectivity index (χ0v) is 29.0. The van der Waals surface area contributed by atoms with Crippen molar-refractivity contribution in [2.75, 3.05) is 11.6 Å². The van der Waals surface area contributed by atoms with Crippen LogP contribution in [-0.2, 0) is 41.2 Å². The van der Waals surface area contributed by atoms with E-state index in [1.54, 1.807) is 29.1 Å². The van der Waals surface area contributed by atoms with Gasteiger partial charge in [0, 0.05) is 56.3 Å². The van der Waals surface area contributed by atoms with E-state index in [1.165, 1.54) is 12.5 Å². The fourth-order valence-electron chi connectivity index (χ4n) is 6.60. The van der Waals surface area contributed by atoms with Gasteiger partial charge in [0.05, 0.1) is 28.9 Å². The number of carbonyl (C=O) groups excluding carboxylic acids is 1. The van der Waals surface area contributed by atoms with Gasteiger partial charge in [0.2, 0.25) is 5.91 Å². The molecule has 5 aromatic rings. The normalized spacial score (nSPS) is 16.7. The Kier molecular flexibility index (Phi) is 10.6.